The lowest BCUT2D eigenvalue weighted by Crippen LogP contribution is -2.15. The Hall–Kier alpha value is -3.07. The Balaban J connectivity index is 2.68. The molecular weight excluding hydrogens is 272 g/mol. The van der Waals surface area contributed by atoms with Gasteiger partial charge in [0.1, 0.15) is 11.8 Å². The SMILES string of the molecule is CCOC(=O)C(C#N)=C(N)c1c2cccccc-2oc1=O. The minimum Gasteiger partial charge on any atom is -0.462 e. The number of ether oxygens (including phenoxy) is 1. The van der Waals surface area contributed by atoms with Crippen LogP contribution in [0.25, 0.3) is 17.0 Å². The van der Waals surface area contributed by atoms with Gasteiger partial charge in [-0.25, -0.2) is 9.59 Å². The zero-order chi connectivity index (χ0) is 15.4. The van der Waals surface area contributed by atoms with Gasteiger partial charge < -0.3 is 14.9 Å². The molecule has 0 saturated heterocycles. The predicted molar refractivity (Wildman–Crippen MR) is 75.0 cm³/mol. The van der Waals surface area contributed by atoms with Crippen LogP contribution in [-0.4, -0.2) is 12.6 Å². The Labute approximate surface area is 120 Å². The van der Waals surface area contributed by atoms with E-state index in [0.29, 0.717) is 11.3 Å². The van der Waals surface area contributed by atoms with Gasteiger partial charge in [0, 0.05) is 5.56 Å². The summed E-state index contributed by atoms with van der Waals surface area (Å²) in [6.07, 6.45) is 0. The van der Waals surface area contributed by atoms with E-state index in [0.717, 1.165) is 0 Å². The third kappa shape index (κ3) is 2.62. The van der Waals surface area contributed by atoms with Gasteiger partial charge in [-0.2, -0.15) is 5.26 Å². The molecule has 1 heterocycles. The number of hydrogen-bond donors (Lipinski definition) is 1. The Morgan fingerprint density at radius 3 is 2.76 bits per heavy atom. The zero-order valence-corrected chi connectivity index (χ0v) is 11.3. The van der Waals surface area contributed by atoms with Crippen molar-refractivity contribution < 1.29 is 13.9 Å². The van der Waals surface area contributed by atoms with Crippen molar-refractivity contribution in [3.8, 4) is 17.4 Å². The molecule has 1 aliphatic heterocycles. The molecule has 0 fully saturated rings. The van der Waals surface area contributed by atoms with Gasteiger partial charge in [0.15, 0.2) is 5.57 Å². The van der Waals surface area contributed by atoms with E-state index in [-0.39, 0.29) is 17.9 Å². The van der Waals surface area contributed by atoms with E-state index >= 15 is 0 Å². The van der Waals surface area contributed by atoms with Crippen LogP contribution in [0.1, 0.15) is 12.5 Å². The topological polar surface area (TPSA) is 106 Å². The second kappa shape index (κ2) is 5.92. The number of carbonyl (C=O) groups is 1. The summed E-state index contributed by atoms with van der Waals surface area (Å²) in [5.74, 6) is -0.546. The molecule has 1 aliphatic carbocycles. The van der Waals surface area contributed by atoms with Crippen LogP contribution in [0, 0.1) is 11.3 Å². The summed E-state index contributed by atoms with van der Waals surface area (Å²) in [7, 11) is 0. The molecule has 0 aromatic heterocycles. The largest absolute Gasteiger partial charge is 0.462 e. The summed E-state index contributed by atoms with van der Waals surface area (Å²) in [4.78, 5) is 23.6. The lowest BCUT2D eigenvalue weighted by molar-refractivity contribution is -0.137. The van der Waals surface area contributed by atoms with E-state index in [9.17, 15) is 9.59 Å². The molecule has 0 atom stereocenters. The van der Waals surface area contributed by atoms with E-state index in [1.54, 1.807) is 43.3 Å². The second-order valence-electron chi connectivity index (χ2n) is 4.07. The van der Waals surface area contributed by atoms with Crippen molar-refractivity contribution >= 4 is 11.7 Å². The van der Waals surface area contributed by atoms with Gasteiger partial charge in [0.25, 0.3) is 0 Å². The summed E-state index contributed by atoms with van der Waals surface area (Å²) in [5, 5.41) is 9.08. The first-order valence-electron chi connectivity index (χ1n) is 6.19. The minimum atomic E-state index is -0.869. The van der Waals surface area contributed by atoms with Crippen LogP contribution in [-0.2, 0) is 9.53 Å². The second-order valence-corrected chi connectivity index (χ2v) is 4.07. The van der Waals surface area contributed by atoms with E-state index < -0.39 is 17.2 Å². The molecule has 0 saturated carbocycles. The van der Waals surface area contributed by atoms with Gasteiger partial charge in [0.05, 0.1) is 17.9 Å². The molecule has 21 heavy (non-hydrogen) atoms. The number of fused-ring (bicyclic) bond motifs is 1. The predicted octanol–water partition coefficient (Wildman–Crippen LogP) is 1.50. The summed E-state index contributed by atoms with van der Waals surface area (Å²) >= 11 is 0. The first-order chi connectivity index (χ1) is 10.1. The monoisotopic (exact) mass is 284 g/mol. The van der Waals surface area contributed by atoms with Crippen LogP contribution in [0.2, 0.25) is 0 Å². The summed E-state index contributed by atoms with van der Waals surface area (Å²) in [6.45, 7) is 1.71. The van der Waals surface area contributed by atoms with Crippen molar-refractivity contribution in [2.45, 2.75) is 6.92 Å². The number of rotatable bonds is 3. The first-order valence-corrected chi connectivity index (χ1v) is 6.19. The molecule has 0 aromatic carbocycles. The Morgan fingerprint density at radius 1 is 1.38 bits per heavy atom. The van der Waals surface area contributed by atoms with Crippen molar-refractivity contribution in [2.75, 3.05) is 6.61 Å². The zero-order valence-electron chi connectivity index (χ0n) is 11.3. The van der Waals surface area contributed by atoms with Crippen LogP contribution in [0.4, 0.5) is 0 Å². The third-order valence-electron chi connectivity index (χ3n) is 2.80. The minimum absolute atomic E-state index is 0.00852. The average molecular weight is 284 g/mol. The lowest BCUT2D eigenvalue weighted by Gasteiger charge is -2.03. The van der Waals surface area contributed by atoms with Crippen molar-refractivity contribution in [3.63, 3.8) is 0 Å². The fraction of sp³-hybridized carbons (Fsp3) is 0.133. The van der Waals surface area contributed by atoms with Crippen LogP contribution in [0.15, 0.2) is 45.1 Å². The van der Waals surface area contributed by atoms with Gasteiger partial charge in [-0.1, -0.05) is 24.3 Å². The van der Waals surface area contributed by atoms with Crippen LogP contribution in [0.5, 0.6) is 0 Å². The van der Waals surface area contributed by atoms with Gasteiger partial charge in [-0.15, -0.1) is 0 Å². The summed E-state index contributed by atoms with van der Waals surface area (Å²) in [5.41, 5.74) is 4.89. The molecule has 0 bridgehead atoms. The van der Waals surface area contributed by atoms with Gasteiger partial charge >= 0.3 is 11.6 Å². The molecule has 2 rings (SSSR count). The van der Waals surface area contributed by atoms with E-state index in [4.69, 9.17) is 20.1 Å². The van der Waals surface area contributed by atoms with Gasteiger partial charge in [0.2, 0.25) is 0 Å². The molecule has 6 heteroatoms. The van der Waals surface area contributed by atoms with Gasteiger partial charge in [-0.05, 0) is 13.0 Å². The van der Waals surface area contributed by atoms with E-state index in [1.165, 1.54) is 0 Å². The standard InChI is InChI=1S/C15H12N2O4/c1-2-20-14(18)10(8-16)13(17)12-9-6-4-3-5-7-11(9)21-15(12)19/h3-7H,2,17H2,1H3. The number of furan rings is 1. The van der Waals surface area contributed by atoms with Crippen LogP contribution >= 0.6 is 0 Å². The summed E-state index contributed by atoms with van der Waals surface area (Å²) < 4.78 is 9.84. The molecular formula is C15H12N2O4. The molecule has 0 spiro atoms. The Morgan fingerprint density at radius 2 is 2.10 bits per heavy atom. The number of nitrogens with zero attached hydrogens (tertiary/aromatic N) is 1. The highest BCUT2D eigenvalue weighted by molar-refractivity contribution is 6.02. The quantitative estimate of drug-likeness (QED) is 0.520. The normalized spacial score (nSPS) is 11.6. The lowest BCUT2D eigenvalue weighted by atomic mass is 10.0. The van der Waals surface area contributed by atoms with Gasteiger partial charge in [-0.3, -0.25) is 0 Å². The number of carbonyl (C=O) groups excluding carboxylic acids is 1. The highest BCUT2D eigenvalue weighted by Gasteiger charge is 2.24. The smallest absolute Gasteiger partial charge is 0.351 e. The maximum Gasteiger partial charge on any atom is 0.351 e. The first kappa shape index (κ1) is 14.3. The average Bonchev–Trinajstić information content (AvgIpc) is 2.60. The molecule has 0 radical (unpaired) electrons. The highest BCUT2D eigenvalue weighted by atomic mass is 16.5. The maximum atomic E-state index is 11.9. The van der Waals surface area contributed by atoms with Crippen molar-refractivity contribution in [1.29, 1.82) is 5.26 Å². The molecule has 0 amide bonds. The molecule has 2 aliphatic rings. The molecule has 6 nitrogen and oxygen atoms in total. The van der Waals surface area contributed by atoms with Crippen molar-refractivity contribution in [3.05, 3.63) is 51.9 Å². The number of nitrogens with two attached hydrogens (primary N) is 1. The fourth-order valence-electron chi connectivity index (χ4n) is 1.89. The van der Waals surface area contributed by atoms with E-state index in [1.807, 2.05) is 0 Å². The highest BCUT2D eigenvalue weighted by Crippen LogP contribution is 2.27. The maximum absolute atomic E-state index is 11.9. The van der Waals surface area contributed by atoms with Crippen molar-refractivity contribution in [1.82, 2.24) is 0 Å². The molecule has 0 unspecified atom stereocenters. The van der Waals surface area contributed by atoms with Crippen molar-refractivity contribution in [2.24, 2.45) is 5.73 Å². The van der Waals surface area contributed by atoms with E-state index in [2.05, 4.69) is 0 Å². The number of esters is 1. The van der Waals surface area contributed by atoms with Crippen LogP contribution in [0.3, 0.4) is 0 Å². The molecule has 2 N–H and O–H groups in total. The van der Waals surface area contributed by atoms with Crippen LogP contribution < -0.4 is 11.4 Å². The number of hydrogen-bond acceptors (Lipinski definition) is 6. The Kier molecular flexibility index (Phi) is 4.05. The fourth-order valence-corrected chi connectivity index (χ4v) is 1.89. The third-order valence-corrected chi connectivity index (χ3v) is 2.80. The Bertz CT molecular complexity index is 783. The summed E-state index contributed by atoms with van der Waals surface area (Å²) in [6, 6.07) is 10.1. The number of nitriles is 1. The molecule has 0 aromatic rings. The molecule has 106 valence electrons.